The first kappa shape index (κ1) is 23.7. The lowest BCUT2D eigenvalue weighted by molar-refractivity contribution is -0.139. The van der Waals surface area contributed by atoms with Gasteiger partial charge in [0.15, 0.2) is 0 Å². The second-order valence-electron chi connectivity index (χ2n) is 9.74. The summed E-state index contributed by atoms with van der Waals surface area (Å²) in [5, 5.41) is 15.2. The molecule has 2 fully saturated rings. The Labute approximate surface area is 209 Å². The highest BCUT2D eigenvalue weighted by Crippen LogP contribution is 2.44. The molecule has 3 N–H and O–H groups in total. The summed E-state index contributed by atoms with van der Waals surface area (Å²) in [6, 6.07) is 15.6. The Morgan fingerprint density at radius 1 is 1.00 bits per heavy atom. The minimum absolute atomic E-state index is 0.0512. The van der Waals surface area contributed by atoms with E-state index in [1.165, 1.54) is 0 Å². The third-order valence-corrected chi connectivity index (χ3v) is 8.31. The van der Waals surface area contributed by atoms with Gasteiger partial charge in [-0.1, -0.05) is 48.5 Å². The van der Waals surface area contributed by atoms with Gasteiger partial charge in [0.05, 0.1) is 12.0 Å². The summed E-state index contributed by atoms with van der Waals surface area (Å²) in [5.41, 5.74) is 3.81. The van der Waals surface area contributed by atoms with Crippen molar-refractivity contribution in [2.45, 2.75) is 49.6 Å². The molecule has 3 aliphatic rings. The van der Waals surface area contributed by atoms with Crippen LogP contribution in [0.4, 0.5) is 4.79 Å². The number of thioether (sulfide) groups is 1. The number of fused-ring (bicyclic) bond motifs is 3. The Morgan fingerprint density at radius 3 is 2.17 bits per heavy atom. The lowest BCUT2D eigenvalue weighted by Gasteiger charge is -2.37. The Kier molecular flexibility index (Phi) is 6.73. The van der Waals surface area contributed by atoms with Crippen molar-refractivity contribution in [3.05, 3.63) is 59.7 Å². The Bertz CT molecular complexity index is 1080. The summed E-state index contributed by atoms with van der Waals surface area (Å²) in [4.78, 5) is 37.5. The van der Waals surface area contributed by atoms with Gasteiger partial charge in [0.25, 0.3) is 0 Å². The molecule has 2 amide bonds. The van der Waals surface area contributed by atoms with Crippen LogP contribution in [0.1, 0.15) is 49.1 Å². The van der Waals surface area contributed by atoms with Crippen molar-refractivity contribution in [1.82, 2.24) is 10.6 Å². The van der Waals surface area contributed by atoms with Crippen LogP contribution in [0, 0.1) is 5.92 Å². The first-order valence-electron chi connectivity index (χ1n) is 12.2. The topological polar surface area (TPSA) is 105 Å². The Morgan fingerprint density at radius 2 is 1.60 bits per heavy atom. The normalized spacial score (nSPS) is 19.2. The van der Waals surface area contributed by atoms with E-state index in [1.807, 2.05) is 24.3 Å². The van der Waals surface area contributed by atoms with Crippen molar-refractivity contribution >= 4 is 29.7 Å². The second-order valence-corrected chi connectivity index (χ2v) is 11.0. The van der Waals surface area contributed by atoms with Gasteiger partial charge < -0.3 is 20.5 Å². The molecule has 5 rings (SSSR count). The molecule has 0 spiro atoms. The van der Waals surface area contributed by atoms with Crippen molar-refractivity contribution in [2.24, 2.45) is 5.92 Å². The van der Waals surface area contributed by atoms with Gasteiger partial charge in [0.2, 0.25) is 5.91 Å². The van der Waals surface area contributed by atoms with Crippen LogP contribution in [0.2, 0.25) is 0 Å². The van der Waals surface area contributed by atoms with E-state index in [9.17, 15) is 19.5 Å². The number of carboxylic acid groups (broad SMARTS) is 1. The monoisotopic (exact) mass is 494 g/mol. The molecule has 8 heteroatoms. The van der Waals surface area contributed by atoms with Crippen LogP contribution >= 0.6 is 11.8 Å². The average Bonchev–Trinajstić information content (AvgIpc) is 3.63. The number of ether oxygens (including phenoxy) is 1. The molecule has 35 heavy (non-hydrogen) atoms. The molecule has 184 valence electrons. The van der Waals surface area contributed by atoms with E-state index in [4.69, 9.17) is 4.74 Å². The zero-order chi connectivity index (χ0) is 24.4. The van der Waals surface area contributed by atoms with Crippen LogP contribution in [-0.4, -0.2) is 52.8 Å². The molecule has 1 saturated heterocycles. The smallest absolute Gasteiger partial charge is 0.407 e. The van der Waals surface area contributed by atoms with Gasteiger partial charge in [-0.25, -0.2) is 4.79 Å². The number of carboxylic acids is 1. The standard InChI is InChI=1S/C27H30N2O5S/c30-23(31)15-27(11-13-35-14-12-27)29-25(32)24(17-9-10-17)28-26(33)34-16-22-20-7-3-1-5-18(20)19-6-2-4-8-21(19)22/h1-8,17,22,24H,9-16H2,(H,28,33)(H,29,32)(H,30,31). The van der Waals surface area contributed by atoms with E-state index in [2.05, 4.69) is 34.9 Å². The quantitative estimate of drug-likeness (QED) is 0.509. The molecule has 2 aromatic rings. The Hall–Kier alpha value is -3.00. The number of alkyl carbamates (subject to hydrolysis) is 1. The van der Waals surface area contributed by atoms with Crippen molar-refractivity contribution in [2.75, 3.05) is 18.1 Å². The van der Waals surface area contributed by atoms with Crippen molar-refractivity contribution in [3.8, 4) is 11.1 Å². The fourth-order valence-electron chi connectivity index (χ4n) is 5.33. The molecule has 0 aromatic heterocycles. The average molecular weight is 495 g/mol. The molecule has 0 radical (unpaired) electrons. The fraction of sp³-hybridized carbons (Fsp3) is 0.444. The zero-order valence-electron chi connectivity index (χ0n) is 19.5. The summed E-state index contributed by atoms with van der Waals surface area (Å²) in [6.45, 7) is 0.180. The third-order valence-electron chi connectivity index (χ3n) is 7.32. The third kappa shape index (κ3) is 5.17. The molecule has 1 atom stereocenters. The first-order valence-corrected chi connectivity index (χ1v) is 13.3. The highest BCUT2D eigenvalue weighted by atomic mass is 32.2. The SMILES string of the molecule is O=C(O)CC1(NC(=O)C(NC(=O)OCC2c3ccccc3-c3ccccc32)C2CC2)CCSCC1. The number of carbonyl (C=O) groups excluding carboxylic acids is 2. The molecule has 7 nitrogen and oxygen atoms in total. The largest absolute Gasteiger partial charge is 0.481 e. The second kappa shape index (κ2) is 9.93. The van der Waals surface area contributed by atoms with Gasteiger partial charge in [0, 0.05) is 5.92 Å². The lowest BCUT2D eigenvalue weighted by atomic mass is 9.88. The predicted molar refractivity (Wildman–Crippen MR) is 134 cm³/mol. The molecule has 1 aliphatic heterocycles. The molecule has 2 aromatic carbocycles. The van der Waals surface area contributed by atoms with E-state index in [0.29, 0.717) is 12.8 Å². The van der Waals surface area contributed by atoms with E-state index in [1.54, 1.807) is 11.8 Å². The fourth-order valence-corrected chi connectivity index (χ4v) is 6.61. The van der Waals surface area contributed by atoms with Crippen LogP contribution in [0.3, 0.4) is 0 Å². The van der Waals surface area contributed by atoms with Gasteiger partial charge in [0.1, 0.15) is 12.6 Å². The number of hydrogen-bond donors (Lipinski definition) is 3. The molecule has 1 unspecified atom stereocenters. The van der Waals surface area contributed by atoms with Crippen LogP contribution in [0.15, 0.2) is 48.5 Å². The summed E-state index contributed by atoms with van der Waals surface area (Å²) >= 11 is 1.76. The van der Waals surface area contributed by atoms with Crippen LogP contribution in [0.5, 0.6) is 0 Å². The molecule has 1 saturated carbocycles. The number of carbonyl (C=O) groups is 3. The van der Waals surface area contributed by atoms with E-state index in [0.717, 1.165) is 46.6 Å². The maximum atomic E-state index is 13.2. The van der Waals surface area contributed by atoms with Crippen LogP contribution in [-0.2, 0) is 14.3 Å². The maximum absolute atomic E-state index is 13.2. The maximum Gasteiger partial charge on any atom is 0.407 e. The number of rotatable bonds is 8. The molecule has 2 aliphatic carbocycles. The Balaban J connectivity index is 1.24. The highest BCUT2D eigenvalue weighted by Gasteiger charge is 2.43. The van der Waals surface area contributed by atoms with Gasteiger partial charge in [-0.05, 0) is 65.4 Å². The summed E-state index contributed by atoms with van der Waals surface area (Å²) in [5.74, 6) is 0.372. The summed E-state index contributed by atoms with van der Waals surface area (Å²) < 4.78 is 5.65. The van der Waals surface area contributed by atoms with Gasteiger partial charge in [-0.15, -0.1) is 0 Å². The summed E-state index contributed by atoms with van der Waals surface area (Å²) in [6.07, 6.45) is 2.19. The van der Waals surface area contributed by atoms with Crippen LogP contribution < -0.4 is 10.6 Å². The van der Waals surface area contributed by atoms with Gasteiger partial charge in [-0.3, -0.25) is 9.59 Å². The van der Waals surface area contributed by atoms with E-state index in [-0.39, 0.29) is 30.8 Å². The van der Waals surface area contributed by atoms with E-state index < -0.39 is 23.6 Å². The van der Waals surface area contributed by atoms with Crippen molar-refractivity contribution < 1.29 is 24.2 Å². The number of amides is 2. The lowest BCUT2D eigenvalue weighted by Crippen LogP contribution is -2.58. The zero-order valence-corrected chi connectivity index (χ0v) is 20.3. The van der Waals surface area contributed by atoms with Crippen molar-refractivity contribution in [3.63, 3.8) is 0 Å². The molecular weight excluding hydrogens is 464 g/mol. The number of benzene rings is 2. The molecule has 1 heterocycles. The van der Waals surface area contributed by atoms with E-state index >= 15 is 0 Å². The highest BCUT2D eigenvalue weighted by molar-refractivity contribution is 7.99. The molecule has 0 bridgehead atoms. The minimum Gasteiger partial charge on any atom is -0.481 e. The van der Waals surface area contributed by atoms with Crippen LogP contribution in [0.25, 0.3) is 11.1 Å². The first-order chi connectivity index (χ1) is 17.0. The van der Waals surface area contributed by atoms with Gasteiger partial charge in [-0.2, -0.15) is 11.8 Å². The molecular formula is C27H30N2O5S. The number of aliphatic carboxylic acids is 1. The number of hydrogen-bond acceptors (Lipinski definition) is 5. The van der Waals surface area contributed by atoms with Crippen molar-refractivity contribution in [1.29, 1.82) is 0 Å². The van der Waals surface area contributed by atoms with Gasteiger partial charge >= 0.3 is 12.1 Å². The predicted octanol–water partition coefficient (Wildman–Crippen LogP) is 4.16. The summed E-state index contributed by atoms with van der Waals surface area (Å²) in [7, 11) is 0. The minimum atomic E-state index is -0.926. The number of nitrogens with one attached hydrogen (secondary N) is 2.